The van der Waals surface area contributed by atoms with Crippen LogP contribution in [0.3, 0.4) is 0 Å². The molecule has 3 N–H and O–H groups in total. The lowest BCUT2D eigenvalue weighted by Gasteiger charge is -2.07. The fourth-order valence-electron chi connectivity index (χ4n) is 2.04. The van der Waals surface area contributed by atoms with Gasteiger partial charge in [0.05, 0.1) is 5.52 Å². The Morgan fingerprint density at radius 3 is 3.00 bits per heavy atom. The first-order valence-electron chi connectivity index (χ1n) is 6.16. The van der Waals surface area contributed by atoms with Crippen molar-refractivity contribution in [1.82, 2.24) is 4.98 Å². The fourth-order valence-corrected chi connectivity index (χ4v) is 2.04. The third kappa shape index (κ3) is 2.27. The van der Waals surface area contributed by atoms with Crippen LogP contribution in [0.25, 0.3) is 10.9 Å². The summed E-state index contributed by atoms with van der Waals surface area (Å²) < 4.78 is 0. The van der Waals surface area contributed by atoms with Gasteiger partial charge in [0.25, 0.3) is 0 Å². The average molecular weight is 241 g/mol. The van der Waals surface area contributed by atoms with Gasteiger partial charge in [-0.2, -0.15) is 0 Å². The first-order chi connectivity index (χ1) is 8.72. The van der Waals surface area contributed by atoms with Crippen LogP contribution in [0.1, 0.15) is 19.3 Å². The predicted molar refractivity (Wildman–Crippen MR) is 72.1 cm³/mol. The van der Waals surface area contributed by atoms with E-state index >= 15 is 0 Å². The number of carbonyl (C=O) groups is 1. The van der Waals surface area contributed by atoms with Crippen LogP contribution in [0.2, 0.25) is 0 Å². The van der Waals surface area contributed by atoms with Gasteiger partial charge in [0.15, 0.2) is 0 Å². The van der Waals surface area contributed by atoms with E-state index in [1.165, 1.54) is 12.8 Å². The molecule has 0 bridgehead atoms. The minimum atomic E-state index is 0.0827. The Morgan fingerprint density at radius 2 is 2.22 bits per heavy atom. The molecule has 1 fully saturated rings. The van der Waals surface area contributed by atoms with E-state index in [4.69, 9.17) is 5.73 Å². The molecule has 1 aliphatic rings. The van der Waals surface area contributed by atoms with E-state index in [1.54, 1.807) is 12.3 Å². The smallest absolute Gasteiger partial charge is 0.224 e. The van der Waals surface area contributed by atoms with Gasteiger partial charge in [-0.25, -0.2) is 0 Å². The second-order valence-electron chi connectivity index (χ2n) is 4.83. The summed E-state index contributed by atoms with van der Waals surface area (Å²) in [5, 5.41) is 3.79. The topological polar surface area (TPSA) is 68.0 Å². The molecule has 2 aromatic rings. The van der Waals surface area contributed by atoms with Crippen LogP contribution in [-0.2, 0) is 4.79 Å². The van der Waals surface area contributed by atoms with Crippen molar-refractivity contribution in [3.63, 3.8) is 0 Å². The number of nitrogen functional groups attached to an aromatic ring is 1. The first-order valence-corrected chi connectivity index (χ1v) is 6.16. The summed E-state index contributed by atoms with van der Waals surface area (Å²) in [6.45, 7) is 0. The summed E-state index contributed by atoms with van der Waals surface area (Å²) >= 11 is 0. The molecule has 0 aliphatic heterocycles. The minimum absolute atomic E-state index is 0.0827. The lowest BCUT2D eigenvalue weighted by molar-refractivity contribution is -0.116. The summed E-state index contributed by atoms with van der Waals surface area (Å²) in [5.41, 5.74) is 8.20. The molecule has 1 aromatic heterocycles. The quantitative estimate of drug-likeness (QED) is 0.867. The molecule has 4 heteroatoms. The average Bonchev–Trinajstić information content (AvgIpc) is 3.14. The minimum Gasteiger partial charge on any atom is -0.398 e. The highest BCUT2D eigenvalue weighted by atomic mass is 16.1. The van der Waals surface area contributed by atoms with Crippen LogP contribution in [0.15, 0.2) is 30.5 Å². The van der Waals surface area contributed by atoms with E-state index in [-0.39, 0.29) is 5.91 Å². The summed E-state index contributed by atoms with van der Waals surface area (Å²) in [5.74, 6) is 0.677. The zero-order valence-corrected chi connectivity index (χ0v) is 10.0. The SMILES string of the molecule is Nc1ccnc2ccc(NC(=O)CC3CC3)cc12. The number of nitrogens with one attached hydrogen (secondary N) is 1. The molecule has 92 valence electrons. The van der Waals surface area contributed by atoms with Gasteiger partial charge in [0, 0.05) is 29.4 Å². The van der Waals surface area contributed by atoms with Crippen LogP contribution >= 0.6 is 0 Å². The number of aromatic nitrogens is 1. The number of pyridine rings is 1. The third-order valence-corrected chi connectivity index (χ3v) is 3.23. The molecule has 0 spiro atoms. The van der Waals surface area contributed by atoms with Gasteiger partial charge >= 0.3 is 0 Å². The first kappa shape index (κ1) is 11.0. The number of anilines is 2. The van der Waals surface area contributed by atoms with Crippen LogP contribution in [-0.4, -0.2) is 10.9 Å². The molecule has 1 heterocycles. The molecular weight excluding hydrogens is 226 g/mol. The highest BCUT2D eigenvalue weighted by molar-refractivity contribution is 5.97. The number of amides is 1. The van der Waals surface area contributed by atoms with Crippen molar-refractivity contribution in [2.75, 3.05) is 11.1 Å². The second kappa shape index (κ2) is 4.29. The van der Waals surface area contributed by atoms with Gasteiger partial charge in [-0.1, -0.05) is 0 Å². The number of benzene rings is 1. The Morgan fingerprint density at radius 1 is 1.39 bits per heavy atom. The second-order valence-corrected chi connectivity index (χ2v) is 4.83. The van der Waals surface area contributed by atoms with Gasteiger partial charge in [-0.15, -0.1) is 0 Å². The maximum absolute atomic E-state index is 11.7. The Hall–Kier alpha value is -2.10. The van der Waals surface area contributed by atoms with E-state index in [0.29, 0.717) is 18.0 Å². The molecule has 3 rings (SSSR count). The number of carbonyl (C=O) groups excluding carboxylic acids is 1. The van der Waals surface area contributed by atoms with E-state index in [1.807, 2.05) is 18.2 Å². The zero-order chi connectivity index (χ0) is 12.5. The molecule has 1 saturated carbocycles. The molecular formula is C14H15N3O. The molecule has 1 aliphatic carbocycles. The van der Waals surface area contributed by atoms with E-state index in [9.17, 15) is 4.79 Å². The van der Waals surface area contributed by atoms with Crippen molar-refractivity contribution in [3.8, 4) is 0 Å². The third-order valence-electron chi connectivity index (χ3n) is 3.23. The van der Waals surface area contributed by atoms with Gasteiger partial charge < -0.3 is 11.1 Å². The lowest BCUT2D eigenvalue weighted by atomic mass is 10.1. The van der Waals surface area contributed by atoms with Crippen LogP contribution < -0.4 is 11.1 Å². The number of hydrogen-bond acceptors (Lipinski definition) is 3. The van der Waals surface area contributed by atoms with Crippen molar-refractivity contribution >= 4 is 28.2 Å². The highest BCUT2D eigenvalue weighted by Crippen LogP contribution is 2.32. The van der Waals surface area contributed by atoms with Gasteiger partial charge in [-0.3, -0.25) is 9.78 Å². The number of hydrogen-bond donors (Lipinski definition) is 2. The largest absolute Gasteiger partial charge is 0.398 e. The summed E-state index contributed by atoms with van der Waals surface area (Å²) in [4.78, 5) is 16.0. The van der Waals surface area contributed by atoms with Gasteiger partial charge in [-0.05, 0) is 43.0 Å². The fraction of sp³-hybridized carbons (Fsp3) is 0.286. The van der Waals surface area contributed by atoms with Crippen molar-refractivity contribution in [2.24, 2.45) is 5.92 Å². The lowest BCUT2D eigenvalue weighted by Crippen LogP contribution is -2.11. The monoisotopic (exact) mass is 241 g/mol. The van der Waals surface area contributed by atoms with E-state index in [2.05, 4.69) is 10.3 Å². The highest BCUT2D eigenvalue weighted by Gasteiger charge is 2.24. The molecule has 4 nitrogen and oxygen atoms in total. The van der Waals surface area contributed by atoms with E-state index in [0.717, 1.165) is 16.6 Å². The Balaban J connectivity index is 1.83. The van der Waals surface area contributed by atoms with Crippen LogP contribution in [0.5, 0.6) is 0 Å². The standard InChI is InChI=1S/C14H15N3O/c15-12-5-6-16-13-4-3-10(8-11(12)13)17-14(18)7-9-1-2-9/h3-6,8-9H,1-2,7H2,(H2,15,16)(H,17,18). The Kier molecular flexibility index (Phi) is 2.63. The maximum atomic E-state index is 11.7. The molecule has 0 unspecified atom stereocenters. The number of rotatable bonds is 3. The molecule has 0 atom stereocenters. The molecule has 0 radical (unpaired) electrons. The van der Waals surface area contributed by atoms with Crippen molar-refractivity contribution < 1.29 is 4.79 Å². The van der Waals surface area contributed by atoms with Crippen molar-refractivity contribution in [1.29, 1.82) is 0 Å². The molecule has 18 heavy (non-hydrogen) atoms. The predicted octanol–water partition coefficient (Wildman–Crippen LogP) is 2.56. The van der Waals surface area contributed by atoms with Gasteiger partial charge in [0.2, 0.25) is 5.91 Å². The molecule has 0 saturated heterocycles. The number of nitrogens with two attached hydrogens (primary N) is 1. The number of fused-ring (bicyclic) bond motifs is 1. The summed E-state index contributed by atoms with van der Waals surface area (Å²) in [6.07, 6.45) is 4.67. The van der Waals surface area contributed by atoms with E-state index < -0.39 is 0 Å². The van der Waals surface area contributed by atoms with Crippen molar-refractivity contribution in [3.05, 3.63) is 30.5 Å². The van der Waals surface area contributed by atoms with Crippen LogP contribution in [0.4, 0.5) is 11.4 Å². The Labute approximate surface area is 105 Å². The summed E-state index contributed by atoms with van der Waals surface area (Å²) in [6, 6.07) is 7.37. The molecule has 1 aromatic carbocycles. The van der Waals surface area contributed by atoms with Gasteiger partial charge in [0.1, 0.15) is 0 Å². The zero-order valence-electron chi connectivity index (χ0n) is 10.0. The van der Waals surface area contributed by atoms with Crippen molar-refractivity contribution in [2.45, 2.75) is 19.3 Å². The molecule has 1 amide bonds. The maximum Gasteiger partial charge on any atom is 0.224 e. The Bertz CT molecular complexity index is 605. The normalized spacial score (nSPS) is 14.7. The van der Waals surface area contributed by atoms with Crippen LogP contribution in [0, 0.1) is 5.92 Å². The summed E-state index contributed by atoms with van der Waals surface area (Å²) in [7, 11) is 0. The number of nitrogens with zero attached hydrogens (tertiary/aromatic N) is 1.